The largest absolute Gasteiger partial charge is 0.378 e. The lowest BCUT2D eigenvalue weighted by atomic mass is 9.87. The number of rotatable bonds is 2. The molecule has 19 heavy (non-hydrogen) atoms. The molecule has 3 rings (SSSR count). The molecule has 0 aromatic heterocycles. The third kappa shape index (κ3) is 2.51. The molecule has 1 unspecified atom stereocenters. The van der Waals surface area contributed by atoms with E-state index in [9.17, 15) is 0 Å². The third-order valence-corrected chi connectivity index (χ3v) is 4.22. The second kappa shape index (κ2) is 5.08. The molecule has 98 valence electrons. The van der Waals surface area contributed by atoms with Crippen molar-refractivity contribution >= 4 is 5.69 Å². The van der Waals surface area contributed by atoms with Crippen molar-refractivity contribution in [3.8, 4) is 0 Å². The van der Waals surface area contributed by atoms with Gasteiger partial charge in [0.05, 0.1) is 6.04 Å². The molecule has 2 aromatic carbocycles. The van der Waals surface area contributed by atoms with Crippen LogP contribution in [0.15, 0.2) is 42.5 Å². The van der Waals surface area contributed by atoms with E-state index >= 15 is 0 Å². The van der Waals surface area contributed by atoms with Crippen molar-refractivity contribution in [2.75, 3.05) is 5.32 Å². The van der Waals surface area contributed by atoms with E-state index in [0.717, 1.165) is 0 Å². The summed E-state index contributed by atoms with van der Waals surface area (Å²) in [5.74, 6) is 0. The molecule has 0 aliphatic heterocycles. The van der Waals surface area contributed by atoms with Crippen LogP contribution < -0.4 is 5.32 Å². The molecule has 1 aliphatic carbocycles. The molecule has 2 aromatic rings. The third-order valence-electron chi connectivity index (χ3n) is 4.22. The molecule has 0 radical (unpaired) electrons. The number of hydrogen-bond acceptors (Lipinski definition) is 1. The molecule has 0 amide bonds. The lowest BCUT2D eigenvalue weighted by molar-refractivity contribution is 0.600. The van der Waals surface area contributed by atoms with Crippen LogP contribution in [0.25, 0.3) is 0 Å². The van der Waals surface area contributed by atoms with Crippen LogP contribution in [0.5, 0.6) is 0 Å². The van der Waals surface area contributed by atoms with E-state index < -0.39 is 0 Å². The number of nitrogens with one attached hydrogen (secondary N) is 1. The summed E-state index contributed by atoms with van der Waals surface area (Å²) in [6, 6.07) is 16.0. The maximum atomic E-state index is 3.71. The lowest BCUT2D eigenvalue weighted by Crippen LogP contribution is -2.17. The highest BCUT2D eigenvalue weighted by Crippen LogP contribution is 2.32. The molecule has 1 heteroatoms. The van der Waals surface area contributed by atoms with E-state index in [-0.39, 0.29) is 0 Å². The fourth-order valence-electron chi connectivity index (χ4n) is 2.94. The van der Waals surface area contributed by atoms with Crippen LogP contribution >= 0.6 is 0 Å². The van der Waals surface area contributed by atoms with Crippen molar-refractivity contribution in [1.29, 1.82) is 0 Å². The Kier molecular flexibility index (Phi) is 3.29. The summed E-state index contributed by atoms with van der Waals surface area (Å²) in [6.45, 7) is 4.34. The van der Waals surface area contributed by atoms with Gasteiger partial charge in [0.1, 0.15) is 0 Å². The normalized spacial score (nSPS) is 17.9. The number of fused-ring (bicyclic) bond motifs is 1. The Hall–Kier alpha value is -1.76. The lowest BCUT2D eigenvalue weighted by Gasteiger charge is -2.27. The highest BCUT2D eigenvalue weighted by atomic mass is 14.9. The first-order valence-electron chi connectivity index (χ1n) is 7.15. The first-order valence-corrected chi connectivity index (χ1v) is 7.15. The quantitative estimate of drug-likeness (QED) is 0.809. The Morgan fingerprint density at radius 3 is 2.68 bits per heavy atom. The topological polar surface area (TPSA) is 12.0 Å². The summed E-state index contributed by atoms with van der Waals surface area (Å²) >= 11 is 0. The molecule has 0 saturated carbocycles. The Bertz CT molecular complexity index is 586. The van der Waals surface area contributed by atoms with E-state index in [4.69, 9.17) is 0 Å². The minimum atomic E-state index is 0.465. The molecule has 1 N–H and O–H groups in total. The second-order valence-electron chi connectivity index (χ2n) is 5.59. The molecule has 0 spiro atoms. The van der Waals surface area contributed by atoms with E-state index in [1.54, 1.807) is 0 Å². The molecule has 1 aliphatic rings. The molecule has 0 saturated heterocycles. The van der Waals surface area contributed by atoms with E-state index in [0.29, 0.717) is 6.04 Å². The SMILES string of the molecule is Cc1ccc(NC2CCCc3ccccc32)cc1C. The highest BCUT2D eigenvalue weighted by Gasteiger charge is 2.19. The summed E-state index contributed by atoms with van der Waals surface area (Å²) in [5, 5.41) is 3.71. The monoisotopic (exact) mass is 251 g/mol. The van der Waals surface area contributed by atoms with Crippen LogP contribution in [0.3, 0.4) is 0 Å². The minimum Gasteiger partial charge on any atom is -0.378 e. The molecule has 1 atom stereocenters. The number of hydrogen-bond donors (Lipinski definition) is 1. The van der Waals surface area contributed by atoms with Gasteiger partial charge in [0, 0.05) is 5.69 Å². The van der Waals surface area contributed by atoms with Crippen molar-refractivity contribution in [2.45, 2.75) is 39.2 Å². The molecule has 0 bridgehead atoms. The van der Waals surface area contributed by atoms with Gasteiger partial charge in [0.25, 0.3) is 0 Å². The summed E-state index contributed by atoms with van der Waals surface area (Å²) < 4.78 is 0. The van der Waals surface area contributed by atoms with Crippen LogP contribution in [0.1, 0.15) is 41.1 Å². The second-order valence-corrected chi connectivity index (χ2v) is 5.59. The van der Waals surface area contributed by atoms with Gasteiger partial charge < -0.3 is 5.32 Å². The maximum absolute atomic E-state index is 3.71. The van der Waals surface area contributed by atoms with Crippen molar-refractivity contribution in [3.05, 3.63) is 64.7 Å². The summed E-state index contributed by atoms with van der Waals surface area (Å²) in [7, 11) is 0. The van der Waals surface area contributed by atoms with Gasteiger partial charge in [0.15, 0.2) is 0 Å². The first-order chi connectivity index (χ1) is 9.24. The van der Waals surface area contributed by atoms with Gasteiger partial charge in [-0.1, -0.05) is 30.3 Å². The van der Waals surface area contributed by atoms with Gasteiger partial charge in [-0.05, 0) is 67.5 Å². The fourth-order valence-corrected chi connectivity index (χ4v) is 2.94. The zero-order chi connectivity index (χ0) is 13.2. The Morgan fingerprint density at radius 1 is 1.00 bits per heavy atom. The Morgan fingerprint density at radius 2 is 1.84 bits per heavy atom. The zero-order valence-corrected chi connectivity index (χ0v) is 11.7. The predicted molar refractivity (Wildman–Crippen MR) is 81.7 cm³/mol. The van der Waals surface area contributed by atoms with Gasteiger partial charge in [-0.15, -0.1) is 0 Å². The van der Waals surface area contributed by atoms with Crippen molar-refractivity contribution in [1.82, 2.24) is 0 Å². The van der Waals surface area contributed by atoms with Crippen LogP contribution in [0.2, 0.25) is 0 Å². The van der Waals surface area contributed by atoms with Gasteiger partial charge >= 0.3 is 0 Å². The van der Waals surface area contributed by atoms with Crippen LogP contribution in [-0.2, 0) is 6.42 Å². The van der Waals surface area contributed by atoms with Crippen LogP contribution in [0, 0.1) is 13.8 Å². The molecule has 0 fully saturated rings. The number of aryl methyl sites for hydroxylation is 3. The zero-order valence-electron chi connectivity index (χ0n) is 11.7. The van der Waals surface area contributed by atoms with Crippen molar-refractivity contribution < 1.29 is 0 Å². The van der Waals surface area contributed by atoms with Crippen molar-refractivity contribution in [2.24, 2.45) is 0 Å². The van der Waals surface area contributed by atoms with E-state index in [1.165, 1.54) is 47.2 Å². The van der Waals surface area contributed by atoms with Gasteiger partial charge in [-0.2, -0.15) is 0 Å². The van der Waals surface area contributed by atoms with Crippen LogP contribution in [-0.4, -0.2) is 0 Å². The summed E-state index contributed by atoms with van der Waals surface area (Å²) in [4.78, 5) is 0. The number of benzene rings is 2. The van der Waals surface area contributed by atoms with E-state index in [1.807, 2.05) is 0 Å². The van der Waals surface area contributed by atoms with Gasteiger partial charge in [-0.25, -0.2) is 0 Å². The average Bonchev–Trinajstić information content (AvgIpc) is 2.43. The molecular weight excluding hydrogens is 230 g/mol. The highest BCUT2D eigenvalue weighted by molar-refractivity contribution is 5.50. The molecule has 0 heterocycles. The molecular formula is C18H21N. The minimum absolute atomic E-state index is 0.465. The predicted octanol–water partition coefficient (Wildman–Crippen LogP) is 4.79. The smallest absolute Gasteiger partial charge is 0.0516 e. The Balaban J connectivity index is 1.86. The van der Waals surface area contributed by atoms with Gasteiger partial charge in [-0.3, -0.25) is 0 Å². The Labute approximate surface area is 115 Å². The van der Waals surface area contributed by atoms with Crippen molar-refractivity contribution in [3.63, 3.8) is 0 Å². The van der Waals surface area contributed by atoms with Crippen LogP contribution in [0.4, 0.5) is 5.69 Å². The summed E-state index contributed by atoms with van der Waals surface area (Å²) in [5.41, 5.74) is 6.94. The van der Waals surface area contributed by atoms with Gasteiger partial charge in [0.2, 0.25) is 0 Å². The standard InChI is InChI=1S/C18H21N/c1-13-10-11-16(12-14(13)2)19-18-9-5-7-15-6-3-4-8-17(15)18/h3-4,6,8,10-12,18-19H,5,7,9H2,1-2H3. The molecule has 1 nitrogen and oxygen atoms in total. The average molecular weight is 251 g/mol. The first kappa shape index (κ1) is 12.3. The fraction of sp³-hybridized carbons (Fsp3) is 0.333. The maximum Gasteiger partial charge on any atom is 0.0516 e. The summed E-state index contributed by atoms with van der Waals surface area (Å²) in [6.07, 6.45) is 3.73. The van der Waals surface area contributed by atoms with E-state index in [2.05, 4.69) is 61.6 Å². The number of anilines is 1.